The first-order chi connectivity index (χ1) is 9.97. The van der Waals surface area contributed by atoms with E-state index in [0.29, 0.717) is 10.2 Å². The first kappa shape index (κ1) is 15.5. The molecule has 0 aliphatic rings. The SMILES string of the molecule is Cc1cccc(OCC(=O)Nc2ccc(Br)cc2F)c1C. The minimum absolute atomic E-state index is 0.132. The van der Waals surface area contributed by atoms with E-state index in [1.165, 1.54) is 12.1 Å². The fourth-order valence-electron chi connectivity index (χ4n) is 1.80. The number of nitrogens with one attached hydrogen (secondary N) is 1. The van der Waals surface area contributed by atoms with E-state index in [1.807, 2.05) is 26.0 Å². The van der Waals surface area contributed by atoms with Crippen LogP contribution in [-0.2, 0) is 4.79 Å². The zero-order valence-corrected chi connectivity index (χ0v) is 13.3. The van der Waals surface area contributed by atoms with Gasteiger partial charge in [-0.2, -0.15) is 0 Å². The number of anilines is 1. The number of benzene rings is 2. The molecular formula is C16H15BrFNO2. The molecule has 0 unspecified atom stereocenters. The molecule has 0 bridgehead atoms. The van der Waals surface area contributed by atoms with Gasteiger partial charge in [-0.3, -0.25) is 4.79 Å². The van der Waals surface area contributed by atoms with E-state index in [-0.39, 0.29) is 12.3 Å². The highest BCUT2D eigenvalue weighted by Crippen LogP contribution is 2.21. The molecule has 21 heavy (non-hydrogen) atoms. The standard InChI is InChI=1S/C16H15BrFNO2/c1-10-4-3-5-15(11(10)2)21-9-16(20)19-14-7-6-12(17)8-13(14)18/h3-8H,9H2,1-2H3,(H,19,20). The fraction of sp³-hybridized carbons (Fsp3) is 0.188. The lowest BCUT2D eigenvalue weighted by atomic mass is 10.1. The summed E-state index contributed by atoms with van der Waals surface area (Å²) < 4.78 is 19.7. The smallest absolute Gasteiger partial charge is 0.262 e. The van der Waals surface area contributed by atoms with Crippen LogP contribution in [0.1, 0.15) is 11.1 Å². The lowest BCUT2D eigenvalue weighted by molar-refractivity contribution is -0.118. The van der Waals surface area contributed by atoms with Crippen molar-refractivity contribution in [2.24, 2.45) is 0 Å². The second-order valence-electron chi connectivity index (χ2n) is 4.66. The second-order valence-corrected chi connectivity index (χ2v) is 5.57. The summed E-state index contributed by atoms with van der Waals surface area (Å²) in [5.41, 5.74) is 2.21. The van der Waals surface area contributed by atoms with Crippen LogP contribution in [-0.4, -0.2) is 12.5 Å². The van der Waals surface area contributed by atoms with Crippen molar-refractivity contribution >= 4 is 27.5 Å². The predicted octanol–water partition coefficient (Wildman–Crippen LogP) is 4.22. The Morgan fingerprint density at radius 1 is 1.29 bits per heavy atom. The second kappa shape index (κ2) is 6.72. The Morgan fingerprint density at radius 3 is 2.76 bits per heavy atom. The van der Waals surface area contributed by atoms with Gasteiger partial charge in [0.15, 0.2) is 6.61 Å². The highest BCUT2D eigenvalue weighted by atomic mass is 79.9. The summed E-state index contributed by atoms with van der Waals surface area (Å²) in [4.78, 5) is 11.8. The minimum atomic E-state index is -0.496. The van der Waals surface area contributed by atoms with E-state index in [9.17, 15) is 9.18 Å². The molecule has 0 atom stereocenters. The molecule has 110 valence electrons. The first-order valence-corrected chi connectivity index (χ1v) is 7.20. The normalized spacial score (nSPS) is 10.3. The first-order valence-electron chi connectivity index (χ1n) is 6.41. The van der Waals surface area contributed by atoms with Gasteiger partial charge in [0.25, 0.3) is 5.91 Å². The third kappa shape index (κ3) is 4.04. The van der Waals surface area contributed by atoms with Crippen LogP contribution in [0.15, 0.2) is 40.9 Å². The van der Waals surface area contributed by atoms with Gasteiger partial charge < -0.3 is 10.1 Å². The predicted molar refractivity (Wildman–Crippen MR) is 84.1 cm³/mol. The van der Waals surface area contributed by atoms with Gasteiger partial charge >= 0.3 is 0 Å². The monoisotopic (exact) mass is 351 g/mol. The van der Waals surface area contributed by atoms with Crippen LogP contribution >= 0.6 is 15.9 Å². The molecule has 0 aliphatic carbocycles. The van der Waals surface area contributed by atoms with Gasteiger partial charge in [-0.25, -0.2) is 4.39 Å². The average molecular weight is 352 g/mol. The van der Waals surface area contributed by atoms with Crippen molar-refractivity contribution in [1.82, 2.24) is 0 Å². The average Bonchev–Trinajstić information content (AvgIpc) is 2.43. The molecule has 0 saturated heterocycles. The summed E-state index contributed by atoms with van der Waals surface area (Å²) in [6, 6.07) is 10.1. The Balaban J connectivity index is 1.97. The number of hydrogen-bond acceptors (Lipinski definition) is 2. The Kier molecular flexibility index (Phi) is 4.96. The van der Waals surface area contributed by atoms with Crippen LogP contribution in [0.2, 0.25) is 0 Å². The highest BCUT2D eigenvalue weighted by molar-refractivity contribution is 9.10. The zero-order chi connectivity index (χ0) is 15.4. The molecule has 0 fully saturated rings. The van der Waals surface area contributed by atoms with Gasteiger partial charge in [0.05, 0.1) is 5.69 Å². The van der Waals surface area contributed by atoms with Gasteiger partial charge in [-0.05, 0) is 49.2 Å². The molecule has 1 N–H and O–H groups in total. The number of rotatable bonds is 4. The van der Waals surface area contributed by atoms with Crippen LogP contribution in [0.3, 0.4) is 0 Å². The lowest BCUT2D eigenvalue weighted by Gasteiger charge is -2.11. The molecule has 0 saturated carbocycles. The van der Waals surface area contributed by atoms with Crippen molar-refractivity contribution < 1.29 is 13.9 Å². The zero-order valence-electron chi connectivity index (χ0n) is 11.7. The van der Waals surface area contributed by atoms with Gasteiger partial charge in [-0.1, -0.05) is 28.1 Å². The summed E-state index contributed by atoms with van der Waals surface area (Å²) in [6.07, 6.45) is 0. The Hall–Kier alpha value is -1.88. The third-order valence-electron chi connectivity index (χ3n) is 3.12. The molecule has 2 rings (SSSR count). The largest absolute Gasteiger partial charge is 0.483 e. The number of hydrogen-bond donors (Lipinski definition) is 1. The van der Waals surface area contributed by atoms with Crippen LogP contribution in [0.5, 0.6) is 5.75 Å². The molecule has 3 nitrogen and oxygen atoms in total. The summed E-state index contributed by atoms with van der Waals surface area (Å²) in [5, 5.41) is 2.48. The molecule has 5 heteroatoms. The van der Waals surface area contributed by atoms with E-state index in [2.05, 4.69) is 21.2 Å². The van der Waals surface area contributed by atoms with Crippen LogP contribution in [0.25, 0.3) is 0 Å². The number of carbonyl (C=O) groups excluding carboxylic acids is 1. The molecule has 0 aromatic heterocycles. The molecular weight excluding hydrogens is 337 g/mol. The lowest BCUT2D eigenvalue weighted by Crippen LogP contribution is -2.21. The van der Waals surface area contributed by atoms with E-state index >= 15 is 0 Å². The van der Waals surface area contributed by atoms with Crippen LogP contribution < -0.4 is 10.1 Å². The van der Waals surface area contributed by atoms with Crippen molar-refractivity contribution in [3.8, 4) is 5.75 Å². The number of ether oxygens (including phenoxy) is 1. The third-order valence-corrected chi connectivity index (χ3v) is 3.61. The molecule has 0 aliphatic heterocycles. The van der Waals surface area contributed by atoms with E-state index in [1.54, 1.807) is 12.1 Å². The van der Waals surface area contributed by atoms with E-state index < -0.39 is 11.7 Å². The quantitative estimate of drug-likeness (QED) is 0.895. The summed E-state index contributed by atoms with van der Waals surface area (Å²) in [7, 11) is 0. The maximum atomic E-state index is 13.6. The number of aryl methyl sites for hydroxylation is 1. The summed E-state index contributed by atoms with van der Waals surface area (Å²) in [5.74, 6) is -0.247. The van der Waals surface area contributed by atoms with Crippen molar-refractivity contribution in [2.45, 2.75) is 13.8 Å². The molecule has 0 radical (unpaired) electrons. The van der Waals surface area contributed by atoms with Gasteiger partial charge in [0, 0.05) is 4.47 Å². The minimum Gasteiger partial charge on any atom is -0.483 e. The Labute approximate surface area is 131 Å². The molecule has 0 heterocycles. The summed E-state index contributed by atoms with van der Waals surface area (Å²) >= 11 is 3.16. The van der Waals surface area contributed by atoms with Gasteiger partial charge in [-0.15, -0.1) is 0 Å². The molecule has 2 aromatic carbocycles. The Morgan fingerprint density at radius 2 is 2.05 bits per heavy atom. The number of carbonyl (C=O) groups is 1. The Bertz CT molecular complexity index is 673. The molecule has 1 amide bonds. The van der Waals surface area contributed by atoms with Gasteiger partial charge in [0.1, 0.15) is 11.6 Å². The van der Waals surface area contributed by atoms with Crippen LogP contribution in [0.4, 0.5) is 10.1 Å². The van der Waals surface area contributed by atoms with Crippen molar-refractivity contribution in [1.29, 1.82) is 0 Å². The highest BCUT2D eigenvalue weighted by Gasteiger charge is 2.09. The van der Waals surface area contributed by atoms with Crippen molar-refractivity contribution in [3.05, 3.63) is 57.8 Å². The summed E-state index contributed by atoms with van der Waals surface area (Å²) in [6.45, 7) is 3.73. The van der Waals surface area contributed by atoms with Crippen molar-refractivity contribution in [2.75, 3.05) is 11.9 Å². The van der Waals surface area contributed by atoms with Crippen LogP contribution in [0, 0.1) is 19.7 Å². The van der Waals surface area contributed by atoms with Crippen molar-refractivity contribution in [3.63, 3.8) is 0 Å². The maximum absolute atomic E-state index is 13.6. The van der Waals surface area contributed by atoms with E-state index in [0.717, 1.165) is 11.1 Å². The topological polar surface area (TPSA) is 38.3 Å². The maximum Gasteiger partial charge on any atom is 0.262 e. The molecule has 0 spiro atoms. The number of halogens is 2. The number of amides is 1. The van der Waals surface area contributed by atoms with E-state index in [4.69, 9.17) is 4.74 Å². The van der Waals surface area contributed by atoms with Gasteiger partial charge in [0.2, 0.25) is 0 Å². The molecule has 2 aromatic rings. The fourth-order valence-corrected chi connectivity index (χ4v) is 2.13.